The first-order chi connectivity index (χ1) is 10.7. The van der Waals surface area contributed by atoms with Gasteiger partial charge >= 0.3 is 0 Å². The molecule has 3 rings (SSSR count). The number of rotatable bonds is 6. The molecule has 22 heavy (non-hydrogen) atoms. The molecule has 0 aromatic carbocycles. The molecule has 0 bridgehead atoms. The summed E-state index contributed by atoms with van der Waals surface area (Å²) in [6.45, 7) is 3.92. The highest BCUT2D eigenvalue weighted by molar-refractivity contribution is 7.98. The van der Waals surface area contributed by atoms with Crippen LogP contribution in [0.1, 0.15) is 30.8 Å². The van der Waals surface area contributed by atoms with Gasteiger partial charge in [0.1, 0.15) is 5.76 Å². The molecule has 0 fully saturated rings. The fourth-order valence-electron chi connectivity index (χ4n) is 1.98. The summed E-state index contributed by atoms with van der Waals surface area (Å²) in [5.41, 5.74) is 0.824. The van der Waals surface area contributed by atoms with Crippen molar-refractivity contribution in [2.75, 3.05) is 5.84 Å². The Bertz CT molecular complexity index is 762. The fraction of sp³-hybridized carbons (Fsp3) is 0.385. The summed E-state index contributed by atoms with van der Waals surface area (Å²) in [6.07, 6.45) is 3.39. The van der Waals surface area contributed by atoms with E-state index in [9.17, 15) is 0 Å². The van der Waals surface area contributed by atoms with Crippen LogP contribution in [0.4, 0.5) is 0 Å². The van der Waals surface area contributed by atoms with Gasteiger partial charge in [-0.1, -0.05) is 23.8 Å². The number of nitrogen functional groups attached to an aromatic ring is 1. The van der Waals surface area contributed by atoms with Gasteiger partial charge in [0.05, 0.1) is 17.6 Å². The lowest BCUT2D eigenvalue weighted by Crippen LogP contribution is -2.11. The molecular formula is C13H16N6O2S. The van der Waals surface area contributed by atoms with Crippen LogP contribution < -0.4 is 5.84 Å². The van der Waals surface area contributed by atoms with E-state index >= 15 is 0 Å². The average Bonchev–Trinajstić information content (AvgIpc) is 3.19. The lowest BCUT2D eigenvalue weighted by Gasteiger charge is -2.01. The Morgan fingerprint density at radius 1 is 1.36 bits per heavy atom. The lowest BCUT2D eigenvalue weighted by atomic mass is 10.2. The average molecular weight is 320 g/mol. The first-order valence-corrected chi connectivity index (χ1v) is 7.86. The van der Waals surface area contributed by atoms with Crippen molar-refractivity contribution in [3.8, 4) is 11.4 Å². The molecule has 0 unspecified atom stereocenters. The SMILES string of the molecule is CCCc1noc(CSc2nnc(-c3ccoc3C)n2N)n1. The third kappa shape index (κ3) is 2.84. The molecule has 9 heteroatoms. The van der Waals surface area contributed by atoms with Crippen molar-refractivity contribution in [1.82, 2.24) is 25.0 Å². The van der Waals surface area contributed by atoms with Gasteiger partial charge in [-0.05, 0) is 19.4 Å². The van der Waals surface area contributed by atoms with E-state index in [0.717, 1.165) is 30.0 Å². The largest absolute Gasteiger partial charge is 0.469 e. The first-order valence-electron chi connectivity index (χ1n) is 6.88. The smallest absolute Gasteiger partial charge is 0.237 e. The third-order valence-corrected chi connectivity index (χ3v) is 4.00. The summed E-state index contributed by atoms with van der Waals surface area (Å²) < 4.78 is 11.9. The quantitative estimate of drug-likeness (QED) is 0.544. The molecule has 0 saturated heterocycles. The summed E-state index contributed by atoms with van der Waals surface area (Å²) >= 11 is 1.39. The molecule has 0 aliphatic carbocycles. The predicted octanol–water partition coefficient (Wildman–Crippen LogP) is 2.19. The Hall–Kier alpha value is -2.29. The van der Waals surface area contributed by atoms with Gasteiger partial charge in [0.25, 0.3) is 0 Å². The predicted molar refractivity (Wildman–Crippen MR) is 80.5 cm³/mol. The Balaban J connectivity index is 1.71. The zero-order chi connectivity index (χ0) is 15.5. The molecule has 3 aromatic rings. The Morgan fingerprint density at radius 2 is 2.23 bits per heavy atom. The second-order valence-corrected chi connectivity index (χ2v) is 5.65. The molecule has 0 radical (unpaired) electrons. The summed E-state index contributed by atoms with van der Waals surface area (Å²) in [5.74, 6) is 9.12. The van der Waals surface area contributed by atoms with Gasteiger partial charge < -0.3 is 14.8 Å². The zero-order valence-corrected chi connectivity index (χ0v) is 13.1. The Labute approximate surface area is 131 Å². The van der Waals surface area contributed by atoms with Crippen molar-refractivity contribution in [2.24, 2.45) is 0 Å². The second-order valence-electron chi connectivity index (χ2n) is 4.71. The number of hydrogen-bond donors (Lipinski definition) is 1. The molecule has 2 N–H and O–H groups in total. The van der Waals surface area contributed by atoms with Crippen LogP contribution in [0.2, 0.25) is 0 Å². The van der Waals surface area contributed by atoms with Gasteiger partial charge in [-0.3, -0.25) is 0 Å². The van der Waals surface area contributed by atoms with Gasteiger partial charge in [-0.2, -0.15) is 4.98 Å². The topological polar surface area (TPSA) is 109 Å². The molecule has 0 amide bonds. The fourth-order valence-corrected chi connectivity index (χ4v) is 2.67. The molecule has 0 aliphatic heterocycles. The number of nitrogens with two attached hydrogens (primary N) is 1. The van der Waals surface area contributed by atoms with Gasteiger partial charge in [0.2, 0.25) is 11.0 Å². The van der Waals surface area contributed by atoms with E-state index in [1.807, 2.05) is 13.0 Å². The standard InChI is InChI=1S/C13H16N6O2S/c1-3-4-10-15-11(21-18-10)7-22-13-17-16-12(19(13)14)9-5-6-20-8(9)2/h5-6H,3-4,7,14H2,1-2H3. The number of aromatic nitrogens is 5. The maximum Gasteiger partial charge on any atom is 0.237 e. The number of aryl methyl sites for hydroxylation is 2. The summed E-state index contributed by atoms with van der Waals surface area (Å²) in [6, 6.07) is 1.81. The normalized spacial score (nSPS) is 11.2. The zero-order valence-electron chi connectivity index (χ0n) is 12.3. The Kier molecular flexibility index (Phi) is 4.14. The van der Waals surface area contributed by atoms with Gasteiger partial charge in [0.15, 0.2) is 11.6 Å². The van der Waals surface area contributed by atoms with E-state index in [-0.39, 0.29) is 0 Å². The maximum absolute atomic E-state index is 6.04. The molecular weight excluding hydrogens is 304 g/mol. The van der Waals surface area contributed by atoms with Gasteiger partial charge in [-0.25, -0.2) is 4.68 Å². The van der Waals surface area contributed by atoms with Crippen LogP contribution in [0.25, 0.3) is 11.4 Å². The highest BCUT2D eigenvalue weighted by Crippen LogP contribution is 2.26. The minimum atomic E-state index is 0.496. The molecule has 116 valence electrons. The van der Waals surface area contributed by atoms with Crippen LogP contribution in [0, 0.1) is 6.92 Å². The molecule has 3 aromatic heterocycles. The number of furan rings is 1. The Morgan fingerprint density at radius 3 is 2.95 bits per heavy atom. The monoisotopic (exact) mass is 320 g/mol. The maximum atomic E-state index is 6.04. The van der Waals surface area contributed by atoms with Crippen LogP contribution >= 0.6 is 11.8 Å². The van der Waals surface area contributed by atoms with Crippen LogP contribution in [-0.4, -0.2) is 25.0 Å². The molecule has 0 spiro atoms. The number of nitrogens with zero attached hydrogens (tertiary/aromatic N) is 5. The van der Waals surface area contributed by atoms with Crippen molar-refractivity contribution < 1.29 is 8.94 Å². The van der Waals surface area contributed by atoms with E-state index in [1.54, 1.807) is 6.26 Å². The lowest BCUT2D eigenvalue weighted by molar-refractivity contribution is 0.384. The van der Waals surface area contributed by atoms with Crippen molar-refractivity contribution in [2.45, 2.75) is 37.6 Å². The highest BCUT2D eigenvalue weighted by Gasteiger charge is 2.16. The second kappa shape index (κ2) is 6.22. The molecule has 0 atom stereocenters. The van der Waals surface area contributed by atoms with E-state index in [4.69, 9.17) is 14.8 Å². The molecule has 0 saturated carbocycles. The molecule has 3 heterocycles. The van der Waals surface area contributed by atoms with Gasteiger partial charge in [-0.15, -0.1) is 10.2 Å². The summed E-state index contributed by atoms with van der Waals surface area (Å²) in [5, 5.41) is 12.7. The summed E-state index contributed by atoms with van der Waals surface area (Å²) in [4.78, 5) is 4.30. The molecule has 0 aliphatic rings. The van der Waals surface area contributed by atoms with Gasteiger partial charge in [0, 0.05) is 6.42 Å². The van der Waals surface area contributed by atoms with Crippen LogP contribution in [-0.2, 0) is 12.2 Å². The van der Waals surface area contributed by atoms with Crippen molar-refractivity contribution in [3.05, 3.63) is 29.8 Å². The van der Waals surface area contributed by atoms with E-state index in [0.29, 0.717) is 22.6 Å². The minimum absolute atomic E-state index is 0.496. The number of hydrogen-bond acceptors (Lipinski definition) is 8. The van der Waals surface area contributed by atoms with E-state index in [2.05, 4.69) is 27.3 Å². The highest BCUT2D eigenvalue weighted by atomic mass is 32.2. The van der Waals surface area contributed by atoms with E-state index < -0.39 is 0 Å². The van der Waals surface area contributed by atoms with Crippen LogP contribution in [0.3, 0.4) is 0 Å². The van der Waals surface area contributed by atoms with E-state index in [1.165, 1.54) is 16.4 Å². The third-order valence-electron chi connectivity index (χ3n) is 3.07. The first kappa shape index (κ1) is 14.6. The summed E-state index contributed by atoms with van der Waals surface area (Å²) in [7, 11) is 0. The minimum Gasteiger partial charge on any atom is -0.469 e. The van der Waals surface area contributed by atoms with Crippen molar-refractivity contribution in [1.29, 1.82) is 0 Å². The van der Waals surface area contributed by atoms with Crippen LogP contribution in [0.15, 0.2) is 26.4 Å². The number of thioether (sulfide) groups is 1. The van der Waals surface area contributed by atoms with Crippen molar-refractivity contribution >= 4 is 11.8 Å². The van der Waals surface area contributed by atoms with Crippen molar-refractivity contribution in [3.63, 3.8) is 0 Å². The molecule has 8 nitrogen and oxygen atoms in total. The van der Waals surface area contributed by atoms with Crippen LogP contribution in [0.5, 0.6) is 0 Å².